The van der Waals surface area contributed by atoms with Gasteiger partial charge in [0.25, 0.3) is 0 Å². The van der Waals surface area contributed by atoms with Crippen LogP contribution < -0.4 is 10.6 Å². The third-order valence-corrected chi connectivity index (χ3v) is 5.79. The number of hydrogen-bond acceptors (Lipinski definition) is 8. The number of thiazole rings is 1. The summed E-state index contributed by atoms with van der Waals surface area (Å²) in [7, 11) is 0. The number of benzene rings is 1. The van der Waals surface area contributed by atoms with Gasteiger partial charge in [-0.2, -0.15) is 0 Å². The third-order valence-electron chi connectivity index (χ3n) is 2.93. The van der Waals surface area contributed by atoms with Gasteiger partial charge in [-0.15, -0.1) is 21.5 Å². The molecule has 0 aliphatic heterocycles. The molecule has 0 amide bonds. The maximum absolute atomic E-state index is 4.61. The van der Waals surface area contributed by atoms with Crippen LogP contribution in [-0.2, 0) is 5.75 Å². The summed E-state index contributed by atoms with van der Waals surface area (Å²) in [5.41, 5.74) is 3.36. The fourth-order valence-electron chi connectivity index (χ4n) is 1.82. The summed E-state index contributed by atoms with van der Waals surface area (Å²) < 4.78 is 0.960. The highest BCUT2D eigenvalue weighted by atomic mass is 32.2. The van der Waals surface area contributed by atoms with Gasteiger partial charge in [0.15, 0.2) is 9.47 Å². The number of hydrogen-bond donors (Lipinski definition) is 2. The van der Waals surface area contributed by atoms with Crippen LogP contribution in [0.15, 0.2) is 34.0 Å². The molecule has 0 bridgehead atoms. The molecule has 1 aromatic carbocycles. The zero-order valence-corrected chi connectivity index (χ0v) is 15.3. The van der Waals surface area contributed by atoms with Gasteiger partial charge in [0, 0.05) is 23.4 Å². The Morgan fingerprint density at radius 1 is 1.13 bits per heavy atom. The first kappa shape index (κ1) is 16.2. The van der Waals surface area contributed by atoms with Crippen LogP contribution in [-0.4, -0.2) is 21.7 Å². The van der Waals surface area contributed by atoms with Crippen molar-refractivity contribution in [1.82, 2.24) is 15.2 Å². The van der Waals surface area contributed by atoms with Crippen LogP contribution in [0.25, 0.3) is 0 Å². The molecule has 0 aliphatic rings. The van der Waals surface area contributed by atoms with E-state index in [2.05, 4.69) is 62.4 Å². The minimum Gasteiger partial charge on any atom is -0.360 e. The van der Waals surface area contributed by atoms with Crippen LogP contribution in [0.1, 0.15) is 18.2 Å². The molecule has 5 nitrogen and oxygen atoms in total. The molecule has 23 heavy (non-hydrogen) atoms. The second kappa shape index (κ2) is 7.76. The summed E-state index contributed by atoms with van der Waals surface area (Å²) in [4.78, 5) is 4.61. The maximum atomic E-state index is 4.61. The smallest absolute Gasteiger partial charge is 0.206 e. The molecule has 2 heterocycles. The second-order valence-corrected chi connectivity index (χ2v) is 7.89. The molecule has 2 N–H and O–H groups in total. The molecule has 3 rings (SSSR count). The number of rotatable bonds is 7. The molecule has 0 atom stereocenters. The van der Waals surface area contributed by atoms with Gasteiger partial charge in [0.05, 0.1) is 5.69 Å². The van der Waals surface area contributed by atoms with E-state index in [0.29, 0.717) is 0 Å². The fraction of sp³-hybridized carbons (Fsp3) is 0.267. The summed E-state index contributed by atoms with van der Waals surface area (Å²) in [6, 6.07) is 8.30. The molecule has 2 aromatic heterocycles. The molecule has 120 valence electrons. The Bertz CT molecular complexity index is 751. The Morgan fingerprint density at radius 2 is 1.96 bits per heavy atom. The van der Waals surface area contributed by atoms with E-state index in [9.17, 15) is 0 Å². The number of thioether (sulfide) groups is 1. The Hall–Kier alpha value is -1.64. The van der Waals surface area contributed by atoms with E-state index in [-0.39, 0.29) is 0 Å². The van der Waals surface area contributed by atoms with Crippen LogP contribution in [0, 0.1) is 6.92 Å². The predicted molar refractivity (Wildman–Crippen MR) is 100 cm³/mol. The lowest BCUT2D eigenvalue weighted by Gasteiger charge is -2.02. The lowest BCUT2D eigenvalue weighted by Crippen LogP contribution is -1.94. The van der Waals surface area contributed by atoms with Gasteiger partial charge in [-0.25, -0.2) is 4.98 Å². The van der Waals surface area contributed by atoms with E-state index in [1.165, 1.54) is 5.56 Å². The molecule has 0 radical (unpaired) electrons. The number of aromatic nitrogens is 3. The minimum absolute atomic E-state index is 0.798. The molecule has 0 aliphatic carbocycles. The topological polar surface area (TPSA) is 62.7 Å². The highest BCUT2D eigenvalue weighted by Crippen LogP contribution is 2.29. The Balaban J connectivity index is 1.55. The molecule has 0 unspecified atom stereocenters. The lowest BCUT2D eigenvalue weighted by molar-refractivity contribution is 1.00. The van der Waals surface area contributed by atoms with Gasteiger partial charge in [0.1, 0.15) is 0 Å². The maximum Gasteiger partial charge on any atom is 0.206 e. The van der Waals surface area contributed by atoms with Gasteiger partial charge < -0.3 is 10.6 Å². The summed E-state index contributed by atoms with van der Waals surface area (Å²) in [6.45, 7) is 4.99. The van der Waals surface area contributed by atoms with Gasteiger partial charge in [-0.05, 0) is 26.0 Å². The Morgan fingerprint density at radius 3 is 2.74 bits per heavy atom. The first-order valence-electron chi connectivity index (χ1n) is 7.21. The van der Waals surface area contributed by atoms with Crippen molar-refractivity contribution in [2.75, 3.05) is 17.2 Å². The van der Waals surface area contributed by atoms with Gasteiger partial charge in [0.2, 0.25) is 5.13 Å². The quantitative estimate of drug-likeness (QED) is 0.590. The molecule has 0 saturated carbocycles. The number of nitrogens with zero attached hydrogens (tertiary/aromatic N) is 3. The second-order valence-electron chi connectivity index (χ2n) is 4.83. The fourth-order valence-corrected chi connectivity index (χ4v) is 4.37. The van der Waals surface area contributed by atoms with Crippen molar-refractivity contribution >= 4 is 50.4 Å². The van der Waals surface area contributed by atoms with E-state index >= 15 is 0 Å². The molecule has 3 aromatic rings. The van der Waals surface area contributed by atoms with Gasteiger partial charge in [-0.3, -0.25) is 0 Å². The van der Waals surface area contributed by atoms with E-state index in [1.54, 1.807) is 34.4 Å². The van der Waals surface area contributed by atoms with Crippen LogP contribution in [0.4, 0.5) is 16.0 Å². The van der Waals surface area contributed by atoms with Crippen molar-refractivity contribution in [3.8, 4) is 0 Å². The zero-order valence-electron chi connectivity index (χ0n) is 12.9. The standard InChI is InChI=1S/C15H17N5S3/c1-3-16-13-19-20-15(23-13)22-9-12-8-21-14(18-12)17-11-6-4-10(2)5-7-11/h4-8H,3,9H2,1-2H3,(H,16,19)(H,17,18). The summed E-state index contributed by atoms with van der Waals surface area (Å²) in [6.07, 6.45) is 0. The van der Waals surface area contributed by atoms with Gasteiger partial charge >= 0.3 is 0 Å². The SMILES string of the molecule is CCNc1nnc(SCc2csc(Nc3ccc(C)cc3)n2)s1. The Kier molecular flexibility index (Phi) is 5.47. The normalized spacial score (nSPS) is 10.7. The van der Waals surface area contributed by atoms with Crippen LogP contribution in [0.5, 0.6) is 0 Å². The highest BCUT2D eigenvalue weighted by molar-refractivity contribution is 8.00. The molecule has 0 spiro atoms. The number of anilines is 3. The van der Waals surface area contributed by atoms with Crippen molar-refractivity contribution < 1.29 is 0 Å². The summed E-state index contributed by atoms with van der Waals surface area (Å²) in [5, 5.41) is 18.6. The number of aryl methyl sites for hydroxylation is 1. The van der Waals surface area contributed by atoms with E-state index in [1.807, 2.05) is 6.92 Å². The molecule has 0 fully saturated rings. The Labute approximate surface area is 147 Å². The summed E-state index contributed by atoms with van der Waals surface area (Å²) >= 11 is 4.86. The lowest BCUT2D eigenvalue weighted by atomic mass is 10.2. The van der Waals surface area contributed by atoms with Crippen LogP contribution >= 0.6 is 34.4 Å². The highest BCUT2D eigenvalue weighted by Gasteiger charge is 2.07. The van der Waals surface area contributed by atoms with Crippen molar-refractivity contribution in [2.45, 2.75) is 23.9 Å². The van der Waals surface area contributed by atoms with Crippen LogP contribution in [0.3, 0.4) is 0 Å². The van der Waals surface area contributed by atoms with E-state index < -0.39 is 0 Å². The first-order chi connectivity index (χ1) is 11.2. The molecule has 0 saturated heterocycles. The van der Waals surface area contributed by atoms with Crippen LogP contribution in [0.2, 0.25) is 0 Å². The first-order valence-corrected chi connectivity index (χ1v) is 9.89. The summed E-state index contributed by atoms with van der Waals surface area (Å²) in [5.74, 6) is 0.798. The third kappa shape index (κ3) is 4.66. The van der Waals surface area contributed by atoms with E-state index in [4.69, 9.17) is 0 Å². The van der Waals surface area contributed by atoms with Crippen molar-refractivity contribution in [3.63, 3.8) is 0 Å². The predicted octanol–water partition coefficient (Wildman–Crippen LogP) is 4.77. The van der Waals surface area contributed by atoms with Crippen molar-refractivity contribution in [2.24, 2.45) is 0 Å². The van der Waals surface area contributed by atoms with E-state index in [0.717, 1.165) is 38.3 Å². The molecule has 8 heteroatoms. The monoisotopic (exact) mass is 363 g/mol. The zero-order chi connectivity index (χ0) is 16.1. The van der Waals surface area contributed by atoms with Crippen molar-refractivity contribution in [3.05, 3.63) is 40.9 Å². The number of nitrogens with one attached hydrogen (secondary N) is 2. The van der Waals surface area contributed by atoms with Gasteiger partial charge in [-0.1, -0.05) is 40.8 Å². The molecular weight excluding hydrogens is 346 g/mol. The molecular formula is C15H17N5S3. The average molecular weight is 364 g/mol. The largest absolute Gasteiger partial charge is 0.360 e. The van der Waals surface area contributed by atoms with Crippen molar-refractivity contribution in [1.29, 1.82) is 0 Å². The average Bonchev–Trinajstić information content (AvgIpc) is 3.17. The minimum atomic E-state index is 0.798.